The maximum absolute atomic E-state index is 9.75. The number of hydrogen-bond acceptors (Lipinski definition) is 4. The van der Waals surface area contributed by atoms with Gasteiger partial charge in [0, 0.05) is 4.57 Å². The second-order valence-corrected chi connectivity index (χ2v) is 4.13. The van der Waals surface area contributed by atoms with E-state index in [1.165, 1.54) is 6.33 Å². The van der Waals surface area contributed by atoms with Gasteiger partial charge < -0.3 is 5.11 Å². The van der Waals surface area contributed by atoms with Gasteiger partial charge in [0.05, 0.1) is 11.5 Å². The molecule has 0 saturated carbocycles. The first-order chi connectivity index (χ1) is 7.90. The van der Waals surface area contributed by atoms with Crippen molar-refractivity contribution in [1.82, 2.24) is 15.2 Å². The normalized spacial score (nSPS) is 12.6. The molecule has 0 aliphatic carbocycles. The monoisotopic (exact) mass is 264 g/mol. The van der Waals surface area contributed by atoms with Crippen LogP contribution in [0.25, 0.3) is 0 Å². The van der Waals surface area contributed by atoms with Gasteiger partial charge in [-0.15, -0.1) is 9.79 Å². The summed E-state index contributed by atoms with van der Waals surface area (Å²) in [6.45, 7) is 5.91. The zero-order valence-electron chi connectivity index (χ0n) is 10.2. The van der Waals surface area contributed by atoms with Crippen molar-refractivity contribution in [3.05, 3.63) is 12.2 Å². The molecule has 1 heterocycles. The van der Waals surface area contributed by atoms with Crippen molar-refractivity contribution in [2.24, 2.45) is 0 Å². The predicted molar refractivity (Wildman–Crippen MR) is 62.4 cm³/mol. The van der Waals surface area contributed by atoms with E-state index in [0.29, 0.717) is 0 Å². The van der Waals surface area contributed by atoms with Crippen LogP contribution in [0.5, 0.6) is 0 Å². The van der Waals surface area contributed by atoms with Gasteiger partial charge in [-0.05, 0) is 19.8 Å². The first-order valence-corrected chi connectivity index (χ1v) is 6.46. The van der Waals surface area contributed by atoms with Crippen LogP contribution in [0.1, 0.15) is 39.4 Å². The van der Waals surface area contributed by atoms with Gasteiger partial charge in [-0.1, -0.05) is 13.8 Å². The van der Waals surface area contributed by atoms with Gasteiger partial charge in [-0.25, -0.2) is 4.98 Å². The molecule has 8 heteroatoms. The van der Waals surface area contributed by atoms with E-state index in [0.717, 1.165) is 18.7 Å². The molecule has 0 fully saturated rings. The van der Waals surface area contributed by atoms with E-state index in [1.807, 2.05) is 0 Å². The van der Waals surface area contributed by atoms with Gasteiger partial charge in [0.25, 0.3) is 0 Å². The number of aliphatic hydroxyl groups excluding tert-OH is 1. The molecule has 1 unspecified atom stereocenters. The third-order valence-electron chi connectivity index (χ3n) is 2.95. The van der Waals surface area contributed by atoms with E-state index in [4.69, 9.17) is 14.4 Å². The molecule has 7 nitrogen and oxygen atoms in total. The Morgan fingerprint density at radius 2 is 1.94 bits per heavy atom. The van der Waals surface area contributed by atoms with Crippen LogP contribution >= 0.6 is 8.25 Å². The Labute approximate surface area is 101 Å². The minimum atomic E-state index is -2.87. The maximum atomic E-state index is 9.75. The van der Waals surface area contributed by atoms with E-state index in [2.05, 4.69) is 29.0 Å². The SMILES string of the molecule is CCC(CC)(c1ncn[nH]1)C(C)O.O=[P+](O)O. The van der Waals surface area contributed by atoms with Gasteiger partial charge in [-0.3, -0.25) is 5.10 Å². The van der Waals surface area contributed by atoms with E-state index in [-0.39, 0.29) is 5.41 Å². The molecular formula is C9H19N3O4P+. The van der Waals surface area contributed by atoms with Gasteiger partial charge in [0.1, 0.15) is 12.2 Å². The molecule has 0 aromatic carbocycles. The molecular weight excluding hydrogens is 245 g/mol. The minimum absolute atomic E-state index is 0.267. The van der Waals surface area contributed by atoms with Crippen molar-refractivity contribution in [2.75, 3.05) is 0 Å². The maximum Gasteiger partial charge on any atom is 0.692 e. The van der Waals surface area contributed by atoms with Crippen LogP contribution < -0.4 is 0 Å². The highest BCUT2D eigenvalue weighted by atomic mass is 31.1. The fourth-order valence-electron chi connectivity index (χ4n) is 1.82. The molecule has 1 aromatic heterocycles. The van der Waals surface area contributed by atoms with Crippen molar-refractivity contribution in [3.8, 4) is 0 Å². The Morgan fingerprint density at radius 1 is 1.47 bits per heavy atom. The second kappa shape index (κ2) is 7.45. The number of hydrogen-bond donors (Lipinski definition) is 4. The van der Waals surface area contributed by atoms with Crippen molar-refractivity contribution < 1.29 is 19.5 Å². The Kier molecular flexibility index (Phi) is 7.06. The smallest absolute Gasteiger partial charge is 0.392 e. The van der Waals surface area contributed by atoms with E-state index >= 15 is 0 Å². The van der Waals surface area contributed by atoms with Crippen molar-refractivity contribution >= 4 is 8.25 Å². The summed E-state index contributed by atoms with van der Waals surface area (Å²) < 4.78 is 8.70. The number of aromatic nitrogens is 3. The van der Waals surface area contributed by atoms with Gasteiger partial charge in [-0.2, -0.15) is 5.10 Å². The zero-order valence-corrected chi connectivity index (χ0v) is 11.1. The molecule has 1 rings (SSSR count). The van der Waals surface area contributed by atoms with Crippen LogP contribution in [0, 0.1) is 0 Å². The third kappa shape index (κ3) is 4.47. The summed E-state index contributed by atoms with van der Waals surface area (Å²) in [5.41, 5.74) is -0.267. The Morgan fingerprint density at radius 3 is 2.18 bits per heavy atom. The molecule has 0 bridgehead atoms. The molecule has 0 amide bonds. The fourth-order valence-corrected chi connectivity index (χ4v) is 1.82. The number of H-pyrrole nitrogens is 1. The summed E-state index contributed by atoms with van der Waals surface area (Å²) in [7, 11) is -2.87. The van der Waals surface area contributed by atoms with Crippen molar-refractivity contribution in [3.63, 3.8) is 0 Å². The van der Waals surface area contributed by atoms with Gasteiger partial charge in [0.15, 0.2) is 0 Å². The summed E-state index contributed by atoms with van der Waals surface area (Å²) >= 11 is 0. The molecule has 0 spiro atoms. The first kappa shape index (κ1) is 16.1. The highest BCUT2D eigenvalue weighted by Crippen LogP contribution is 2.32. The molecule has 0 saturated heterocycles. The Bertz CT molecular complexity index is 321. The molecule has 4 N–H and O–H groups in total. The summed E-state index contributed by atoms with van der Waals surface area (Å²) in [4.78, 5) is 18.4. The Hall–Kier alpha value is -0.880. The van der Waals surface area contributed by atoms with Crippen LogP contribution in [-0.2, 0) is 9.98 Å². The van der Waals surface area contributed by atoms with Crippen LogP contribution in [0.3, 0.4) is 0 Å². The zero-order chi connectivity index (χ0) is 13.5. The second-order valence-electron chi connectivity index (χ2n) is 3.63. The lowest BCUT2D eigenvalue weighted by molar-refractivity contribution is 0.0841. The molecule has 98 valence electrons. The molecule has 0 radical (unpaired) electrons. The lowest BCUT2D eigenvalue weighted by Gasteiger charge is -2.32. The molecule has 1 aromatic rings. The van der Waals surface area contributed by atoms with E-state index in [9.17, 15) is 5.11 Å². The summed E-state index contributed by atoms with van der Waals surface area (Å²) in [5, 5.41) is 16.4. The number of nitrogens with zero attached hydrogens (tertiary/aromatic N) is 2. The fraction of sp³-hybridized carbons (Fsp3) is 0.778. The molecule has 17 heavy (non-hydrogen) atoms. The minimum Gasteiger partial charge on any atom is -0.392 e. The largest absolute Gasteiger partial charge is 0.692 e. The van der Waals surface area contributed by atoms with Crippen molar-refractivity contribution in [2.45, 2.75) is 45.1 Å². The Balaban J connectivity index is 0.000000557. The lowest BCUT2D eigenvalue weighted by Crippen LogP contribution is -2.37. The van der Waals surface area contributed by atoms with Crippen LogP contribution in [0.4, 0.5) is 0 Å². The standard InChI is InChI=1S/C9H17N3O.HO3P/c1-4-9(5-2,7(3)13)8-10-6-11-12-8;1-4(2)3/h6-7,13H,4-5H2,1-3H3,(H,10,11,12);(H-,1,2,3)/p+1. The first-order valence-electron chi connectivity index (χ1n) is 5.29. The average Bonchev–Trinajstić information content (AvgIpc) is 2.73. The van der Waals surface area contributed by atoms with Crippen LogP contribution in [-0.4, -0.2) is 36.2 Å². The number of aliphatic hydroxyl groups is 1. The predicted octanol–water partition coefficient (Wildman–Crippen LogP) is 0.872. The molecule has 0 aliphatic rings. The van der Waals surface area contributed by atoms with E-state index in [1.54, 1.807) is 6.92 Å². The molecule has 0 aliphatic heterocycles. The highest BCUT2D eigenvalue weighted by Gasteiger charge is 2.36. The quantitative estimate of drug-likeness (QED) is 0.599. The average molecular weight is 264 g/mol. The van der Waals surface area contributed by atoms with Crippen LogP contribution in [0.15, 0.2) is 6.33 Å². The number of nitrogens with one attached hydrogen (secondary N) is 1. The van der Waals surface area contributed by atoms with Gasteiger partial charge in [0.2, 0.25) is 0 Å². The summed E-state index contributed by atoms with van der Waals surface area (Å²) in [5.74, 6) is 0.785. The summed E-state index contributed by atoms with van der Waals surface area (Å²) in [6.07, 6.45) is 2.79. The summed E-state index contributed by atoms with van der Waals surface area (Å²) in [6, 6.07) is 0. The van der Waals surface area contributed by atoms with Crippen molar-refractivity contribution in [1.29, 1.82) is 0 Å². The number of aromatic amines is 1. The topological polar surface area (TPSA) is 119 Å². The van der Waals surface area contributed by atoms with E-state index < -0.39 is 14.4 Å². The lowest BCUT2D eigenvalue weighted by atomic mass is 9.77. The number of rotatable bonds is 4. The van der Waals surface area contributed by atoms with Crippen LogP contribution in [0.2, 0.25) is 0 Å². The van der Waals surface area contributed by atoms with Gasteiger partial charge >= 0.3 is 8.25 Å². The highest BCUT2D eigenvalue weighted by molar-refractivity contribution is 7.30. The third-order valence-corrected chi connectivity index (χ3v) is 2.95. The molecule has 1 atom stereocenters.